The number of halogens is 1. The third-order valence-electron chi connectivity index (χ3n) is 3.04. The van der Waals surface area contributed by atoms with Crippen LogP contribution in [0.15, 0.2) is 41.0 Å². The molecule has 0 fully saturated rings. The van der Waals surface area contributed by atoms with Crippen LogP contribution in [-0.2, 0) is 13.5 Å². The quantitative estimate of drug-likeness (QED) is 0.921. The number of aromatic nitrogens is 2. The third-order valence-corrected chi connectivity index (χ3v) is 3.65. The van der Waals surface area contributed by atoms with Crippen LogP contribution >= 0.6 is 15.9 Å². The van der Waals surface area contributed by atoms with Crippen LogP contribution in [0.5, 0.6) is 0 Å². The summed E-state index contributed by atoms with van der Waals surface area (Å²) in [6, 6.07) is 10.3. The SMILES string of the molecule is Cn1ncc(Br)c1C(O)CCCc1ccccc1. The molecule has 96 valence electrons. The highest BCUT2D eigenvalue weighted by Gasteiger charge is 2.15. The van der Waals surface area contributed by atoms with Crippen LogP contribution in [0.3, 0.4) is 0 Å². The smallest absolute Gasteiger partial charge is 0.0968 e. The van der Waals surface area contributed by atoms with Crippen molar-refractivity contribution in [2.45, 2.75) is 25.4 Å². The van der Waals surface area contributed by atoms with Gasteiger partial charge in [0.2, 0.25) is 0 Å². The van der Waals surface area contributed by atoms with Crippen LogP contribution in [0.4, 0.5) is 0 Å². The first-order valence-corrected chi connectivity index (χ1v) is 6.87. The van der Waals surface area contributed by atoms with Crippen molar-refractivity contribution in [3.8, 4) is 0 Å². The highest BCUT2D eigenvalue weighted by atomic mass is 79.9. The Morgan fingerprint density at radius 3 is 2.67 bits per heavy atom. The largest absolute Gasteiger partial charge is 0.387 e. The molecule has 0 bridgehead atoms. The molecule has 0 saturated carbocycles. The summed E-state index contributed by atoms with van der Waals surface area (Å²) in [5.74, 6) is 0. The fourth-order valence-corrected chi connectivity index (χ4v) is 2.69. The molecule has 4 heteroatoms. The van der Waals surface area contributed by atoms with E-state index in [4.69, 9.17) is 0 Å². The molecule has 1 heterocycles. The van der Waals surface area contributed by atoms with Crippen molar-refractivity contribution in [2.24, 2.45) is 7.05 Å². The van der Waals surface area contributed by atoms with E-state index in [-0.39, 0.29) is 0 Å². The number of aryl methyl sites for hydroxylation is 2. The summed E-state index contributed by atoms with van der Waals surface area (Å²) < 4.78 is 2.59. The second kappa shape index (κ2) is 6.16. The maximum atomic E-state index is 10.2. The summed E-state index contributed by atoms with van der Waals surface area (Å²) in [7, 11) is 1.85. The van der Waals surface area contributed by atoms with E-state index >= 15 is 0 Å². The standard InChI is InChI=1S/C14H17BrN2O/c1-17-14(12(15)10-16-17)13(18)9-5-8-11-6-3-2-4-7-11/h2-4,6-7,10,13,18H,5,8-9H2,1H3. The topological polar surface area (TPSA) is 38.0 Å². The summed E-state index contributed by atoms with van der Waals surface area (Å²) in [5.41, 5.74) is 2.16. The molecule has 1 N–H and O–H groups in total. The minimum absolute atomic E-state index is 0.462. The van der Waals surface area contributed by atoms with Crippen LogP contribution in [0.2, 0.25) is 0 Å². The van der Waals surface area contributed by atoms with Crippen LogP contribution in [0.25, 0.3) is 0 Å². The zero-order chi connectivity index (χ0) is 13.0. The fraction of sp³-hybridized carbons (Fsp3) is 0.357. The molecule has 0 spiro atoms. The van der Waals surface area contributed by atoms with Crippen molar-refractivity contribution in [2.75, 3.05) is 0 Å². The van der Waals surface area contributed by atoms with Gasteiger partial charge in [-0.1, -0.05) is 30.3 Å². The molecule has 3 nitrogen and oxygen atoms in total. The van der Waals surface area contributed by atoms with E-state index in [9.17, 15) is 5.11 Å². The van der Waals surface area contributed by atoms with Crippen LogP contribution in [0, 0.1) is 0 Å². The third kappa shape index (κ3) is 3.21. The summed E-state index contributed by atoms with van der Waals surface area (Å²) in [4.78, 5) is 0. The van der Waals surface area contributed by atoms with Gasteiger partial charge in [-0.15, -0.1) is 0 Å². The maximum Gasteiger partial charge on any atom is 0.0968 e. The fourth-order valence-electron chi connectivity index (χ4n) is 2.08. The molecule has 1 atom stereocenters. The molecule has 1 aromatic heterocycles. The molecule has 0 aliphatic carbocycles. The second-order valence-corrected chi connectivity index (χ2v) is 5.25. The Balaban J connectivity index is 1.88. The molecule has 0 radical (unpaired) electrons. The van der Waals surface area contributed by atoms with Gasteiger partial charge in [-0.05, 0) is 40.8 Å². The van der Waals surface area contributed by atoms with Gasteiger partial charge < -0.3 is 5.11 Å². The lowest BCUT2D eigenvalue weighted by molar-refractivity contribution is 0.154. The van der Waals surface area contributed by atoms with E-state index in [1.165, 1.54) is 5.56 Å². The van der Waals surface area contributed by atoms with Crippen molar-refractivity contribution in [3.05, 3.63) is 52.3 Å². The number of nitrogens with zero attached hydrogens (tertiary/aromatic N) is 2. The summed E-state index contributed by atoms with van der Waals surface area (Å²) in [6.45, 7) is 0. The Hall–Kier alpha value is -1.13. The maximum absolute atomic E-state index is 10.2. The Labute approximate surface area is 116 Å². The first-order chi connectivity index (χ1) is 8.68. The minimum atomic E-state index is -0.462. The molecule has 1 unspecified atom stereocenters. The lowest BCUT2D eigenvalue weighted by atomic mass is 10.0. The van der Waals surface area contributed by atoms with Crippen molar-refractivity contribution < 1.29 is 5.11 Å². The minimum Gasteiger partial charge on any atom is -0.387 e. The number of aliphatic hydroxyl groups excluding tert-OH is 1. The molecule has 0 aliphatic rings. The Bertz CT molecular complexity index is 476. The molecule has 2 rings (SSSR count). The average molecular weight is 309 g/mol. The van der Waals surface area contributed by atoms with Gasteiger partial charge in [0.25, 0.3) is 0 Å². The molecule has 0 amide bonds. The molecule has 0 saturated heterocycles. The van der Waals surface area contributed by atoms with E-state index in [0.29, 0.717) is 0 Å². The number of hydrogen-bond donors (Lipinski definition) is 1. The number of benzene rings is 1. The molecular weight excluding hydrogens is 292 g/mol. The van der Waals surface area contributed by atoms with Gasteiger partial charge in [-0.2, -0.15) is 5.10 Å². The zero-order valence-corrected chi connectivity index (χ0v) is 12.0. The first-order valence-electron chi connectivity index (χ1n) is 6.08. The first kappa shape index (κ1) is 13.3. The Morgan fingerprint density at radius 1 is 1.33 bits per heavy atom. The van der Waals surface area contributed by atoms with E-state index in [1.54, 1.807) is 10.9 Å². The van der Waals surface area contributed by atoms with Crippen molar-refractivity contribution >= 4 is 15.9 Å². The van der Waals surface area contributed by atoms with Gasteiger partial charge in [0.05, 0.1) is 22.5 Å². The van der Waals surface area contributed by atoms with Crippen molar-refractivity contribution in [1.29, 1.82) is 0 Å². The molecule has 18 heavy (non-hydrogen) atoms. The monoisotopic (exact) mass is 308 g/mol. The molecule has 0 aliphatic heterocycles. The number of rotatable bonds is 5. The van der Waals surface area contributed by atoms with Gasteiger partial charge in [0.15, 0.2) is 0 Å². The van der Waals surface area contributed by atoms with E-state index in [2.05, 4.69) is 33.2 Å². The lowest BCUT2D eigenvalue weighted by Gasteiger charge is -2.11. The highest BCUT2D eigenvalue weighted by Crippen LogP contribution is 2.26. The molecule has 2 aromatic rings. The van der Waals surface area contributed by atoms with Crippen LogP contribution < -0.4 is 0 Å². The highest BCUT2D eigenvalue weighted by molar-refractivity contribution is 9.10. The van der Waals surface area contributed by atoms with E-state index < -0.39 is 6.10 Å². The predicted molar refractivity (Wildman–Crippen MR) is 75.2 cm³/mol. The van der Waals surface area contributed by atoms with Crippen LogP contribution in [0.1, 0.15) is 30.2 Å². The van der Waals surface area contributed by atoms with E-state index in [1.807, 2.05) is 25.2 Å². The molecule has 1 aromatic carbocycles. The Morgan fingerprint density at radius 2 is 2.06 bits per heavy atom. The number of aliphatic hydroxyl groups is 1. The van der Waals surface area contributed by atoms with Gasteiger partial charge in [-0.25, -0.2) is 0 Å². The van der Waals surface area contributed by atoms with Gasteiger partial charge >= 0.3 is 0 Å². The lowest BCUT2D eigenvalue weighted by Crippen LogP contribution is -2.06. The Kier molecular flexibility index (Phi) is 4.55. The summed E-state index contributed by atoms with van der Waals surface area (Å²) in [6.07, 6.45) is 3.95. The number of hydrogen-bond acceptors (Lipinski definition) is 2. The average Bonchev–Trinajstić information content (AvgIpc) is 2.70. The van der Waals surface area contributed by atoms with Crippen LogP contribution in [-0.4, -0.2) is 14.9 Å². The second-order valence-electron chi connectivity index (χ2n) is 4.39. The van der Waals surface area contributed by atoms with Gasteiger partial charge in [0.1, 0.15) is 0 Å². The molecular formula is C14H17BrN2O. The summed E-state index contributed by atoms with van der Waals surface area (Å²) >= 11 is 3.41. The van der Waals surface area contributed by atoms with Crippen molar-refractivity contribution in [3.63, 3.8) is 0 Å². The van der Waals surface area contributed by atoms with E-state index in [0.717, 1.165) is 29.4 Å². The zero-order valence-electron chi connectivity index (χ0n) is 10.4. The normalized spacial score (nSPS) is 12.6. The predicted octanol–water partition coefficient (Wildman–Crippen LogP) is 3.24. The summed E-state index contributed by atoms with van der Waals surface area (Å²) in [5, 5.41) is 14.3. The van der Waals surface area contributed by atoms with Gasteiger partial charge in [-0.3, -0.25) is 4.68 Å². The van der Waals surface area contributed by atoms with Crippen molar-refractivity contribution in [1.82, 2.24) is 9.78 Å². The van der Waals surface area contributed by atoms with Gasteiger partial charge in [0, 0.05) is 7.05 Å².